The molecule has 4 nitrogen and oxygen atoms in total. The van der Waals surface area contributed by atoms with E-state index in [4.69, 9.17) is 9.47 Å². The maximum atomic E-state index is 11.7. The first kappa shape index (κ1) is 20.2. The normalized spacial score (nSPS) is 10.2. The molecule has 0 saturated carbocycles. The van der Waals surface area contributed by atoms with E-state index in [2.05, 4.69) is 13.2 Å². The van der Waals surface area contributed by atoms with E-state index in [1.54, 1.807) is 12.1 Å². The molecule has 5 heteroatoms. The van der Waals surface area contributed by atoms with Crippen LogP contribution in [0.1, 0.15) is 0 Å². The average Bonchev–Trinajstić information content (AvgIpc) is 2.75. The number of esters is 2. The van der Waals surface area contributed by atoms with Crippen LogP contribution in [0.4, 0.5) is 0 Å². The predicted octanol–water partition coefficient (Wildman–Crippen LogP) is 4.96. The number of carbonyl (C=O) groups is 2. The molecular formula is C24H19O4S+. The number of rotatable bonds is 7. The van der Waals surface area contributed by atoms with Crippen LogP contribution >= 0.6 is 0 Å². The van der Waals surface area contributed by atoms with E-state index in [0.717, 1.165) is 26.8 Å². The molecule has 0 aliphatic carbocycles. The van der Waals surface area contributed by atoms with Crippen molar-refractivity contribution in [3.8, 4) is 11.5 Å². The third kappa shape index (κ3) is 5.24. The Morgan fingerprint density at radius 3 is 1.45 bits per heavy atom. The van der Waals surface area contributed by atoms with E-state index in [-0.39, 0.29) is 11.5 Å². The van der Waals surface area contributed by atoms with Crippen molar-refractivity contribution >= 4 is 22.8 Å². The van der Waals surface area contributed by atoms with E-state index in [0.29, 0.717) is 0 Å². The standard InChI is InChI=1S/C24H19O4S/c1-3-23(25)27-18-15-19(28-24(26)4-2)17-22(16-18)29(20-11-7-5-8-12-20)21-13-9-6-10-14-21/h3-17H,1-2H2/q+1. The molecule has 0 radical (unpaired) electrons. The predicted molar refractivity (Wildman–Crippen MR) is 113 cm³/mol. The smallest absolute Gasteiger partial charge is 0.335 e. The van der Waals surface area contributed by atoms with Gasteiger partial charge in [0, 0.05) is 30.4 Å². The van der Waals surface area contributed by atoms with Gasteiger partial charge in [0.05, 0.1) is 10.9 Å². The molecule has 0 amide bonds. The lowest BCUT2D eigenvalue weighted by atomic mass is 10.3. The third-order valence-corrected chi connectivity index (χ3v) is 6.01. The second-order valence-electron chi connectivity index (χ2n) is 5.82. The lowest BCUT2D eigenvalue weighted by molar-refractivity contribution is -0.129. The minimum Gasteiger partial charge on any atom is -0.423 e. The Morgan fingerprint density at radius 1 is 0.655 bits per heavy atom. The molecule has 0 aliphatic heterocycles. The Kier molecular flexibility index (Phi) is 6.66. The van der Waals surface area contributed by atoms with Gasteiger partial charge in [0.15, 0.2) is 14.7 Å². The van der Waals surface area contributed by atoms with Crippen LogP contribution in [0.15, 0.2) is 119 Å². The lowest BCUT2D eigenvalue weighted by Gasteiger charge is -2.11. The van der Waals surface area contributed by atoms with Gasteiger partial charge in [-0.1, -0.05) is 49.6 Å². The zero-order chi connectivity index (χ0) is 20.6. The fraction of sp³-hybridized carbons (Fsp3) is 0. The topological polar surface area (TPSA) is 52.6 Å². The van der Waals surface area contributed by atoms with E-state index in [1.807, 2.05) is 60.7 Å². The van der Waals surface area contributed by atoms with Crippen molar-refractivity contribution < 1.29 is 19.1 Å². The van der Waals surface area contributed by atoms with E-state index < -0.39 is 22.8 Å². The first-order valence-corrected chi connectivity index (χ1v) is 10.0. The lowest BCUT2D eigenvalue weighted by Crippen LogP contribution is -2.09. The summed E-state index contributed by atoms with van der Waals surface area (Å²) in [7, 11) is -0.503. The molecule has 0 saturated heterocycles. The summed E-state index contributed by atoms with van der Waals surface area (Å²) >= 11 is 0. The number of carbonyl (C=O) groups excluding carboxylic acids is 2. The van der Waals surface area contributed by atoms with Gasteiger partial charge in [-0.2, -0.15) is 0 Å². The van der Waals surface area contributed by atoms with E-state index in [1.165, 1.54) is 6.07 Å². The van der Waals surface area contributed by atoms with Crippen LogP contribution in [-0.4, -0.2) is 11.9 Å². The van der Waals surface area contributed by atoms with Crippen LogP contribution in [0.2, 0.25) is 0 Å². The van der Waals surface area contributed by atoms with Crippen molar-refractivity contribution in [2.75, 3.05) is 0 Å². The summed E-state index contributed by atoms with van der Waals surface area (Å²) < 4.78 is 10.6. The Bertz CT molecular complexity index is 950. The van der Waals surface area contributed by atoms with Crippen LogP contribution in [-0.2, 0) is 20.5 Å². The zero-order valence-electron chi connectivity index (χ0n) is 15.6. The highest BCUT2D eigenvalue weighted by Gasteiger charge is 2.30. The highest BCUT2D eigenvalue weighted by atomic mass is 32.2. The SMILES string of the molecule is C=CC(=O)Oc1cc(OC(=O)C=C)cc([S+](c2ccccc2)c2ccccc2)c1. The monoisotopic (exact) mass is 403 g/mol. The molecule has 0 N–H and O–H groups in total. The minimum atomic E-state index is -0.595. The van der Waals surface area contributed by atoms with E-state index in [9.17, 15) is 9.59 Å². The first-order chi connectivity index (χ1) is 14.1. The van der Waals surface area contributed by atoms with Crippen LogP contribution in [0.3, 0.4) is 0 Å². The molecule has 0 bridgehead atoms. The Morgan fingerprint density at radius 2 is 1.07 bits per heavy atom. The molecule has 144 valence electrons. The van der Waals surface area contributed by atoms with Gasteiger partial charge in [-0.3, -0.25) is 0 Å². The van der Waals surface area contributed by atoms with Crippen molar-refractivity contribution in [1.82, 2.24) is 0 Å². The van der Waals surface area contributed by atoms with Crippen LogP contribution in [0, 0.1) is 0 Å². The van der Waals surface area contributed by atoms with Crippen molar-refractivity contribution in [3.63, 3.8) is 0 Å². The van der Waals surface area contributed by atoms with Crippen molar-refractivity contribution in [2.45, 2.75) is 14.7 Å². The summed E-state index contributed by atoms with van der Waals surface area (Å²) in [5, 5.41) is 0. The fourth-order valence-corrected chi connectivity index (χ4v) is 4.76. The highest BCUT2D eigenvalue weighted by molar-refractivity contribution is 7.97. The molecule has 0 aromatic heterocycles. The molecule has 3 aromatic carbocycles. The second kappa shape index (κ2) is 9.57. The molecule has 0 spiro atoms. The molecule has 0 aliphatic rings. The third-order valence-electron chi connectivity index (χ3n) is 3.82. The van der Waals surface area contributed by atoms with Gasteiger partial charge in [-0.15, -0.1) is 0 Å². The quantitative estimate of drug-likeness (QED) is 0.242. The van der Waals surface area contributed by atoms with Gasteiger partial charge in [0.25, 0.3) is 0 Å². The number of ether oxygens (including phenoxy) is 2. The summed E-state index contributed by atoms with van der Waals surface area (Å²) in [4.78, 5) is 26.4. The second-order valence-corrected chi connectivity index (χ2v) is 7.85. The van der Waals surface area contributed by atoms with Crippen LogP contribution < -0.4 is 9.47 Å². The molecule has 29 heavy (non-hydrogen) atoms. The van der Waals surface area contributed by atoms with Gasteiger partial charge in [0.2, 0.25) is 0 Å². The van der Waals surface area contributed by atoms with Gasteiger partial charge >= 0.3 is 11.9 Å². The number of hydrogen-bond acceptors (Lipinski definition) is 4. The zero-order valence-corrected chi connectivity index (χ0v) is 16.4. The maximum Gasteiger partial charge on any atom is 0.335 e. The Labute approximate surface area is 172 Å². The molecule has 0 fully saturated rings. The van der Waals surface area contributed by atoms with Crippen molar-refractivity contribution in [3.05, 3.63) is 104 Å². The van der Waals surface area contributed by atoms with E-state index >= 15 is 0 Å². The van der Waals surface area contributed by atoms with Gasteiger partial charge < -0.3 is 9.47 Å². The largest absolute Gasteiger partial charge is 0.423 e. The Hall–Kier alpha value is -3.57. The summed E-state index contributed by atoms with van der Waals surface area (Å²) in [6.45, 7) is 6.84. The molecule has 0 heterocycles. The maximum absolute atomic E-state index is 11.7. The fourth-order valence-electron chi connectivity index (χ4n) is 2.62. The summed E-state index contributed by atoms with van der Waals surface area (Å²) in [5.74, 6) is -0.655. The molecule has 0 atom stereocenters. The van der Waals surface area contributed by atoms with Gasteiger partial charge in [-0.25, -0.2) is 9.59 Å². The van der Waals surface area contributed by atoms with Crippen molar-refractivity contribution in [1.29, 1.82) is 0 Å². The van der Waals surface area contributed by atoms with Gasteiger partial charge in [0.1, 0.15) is 11.5 Å². The van der Waals surface area contributed by atoms with Crippen LogP contribution in [0.5, 0.6) is 11.5 Å². The first-order valence-electron chi connectivity index (χ1n) is 8.78. The minimum absolute atomic E-state index is 0.267. The molecule has 3 rings (SSSR count). The Balaban J connectivity index is 2.15. The van der Waals surface area contributed by atoms with Crippen LogP contribution in [0.25, 0.3) is 0 Å². The molecule has 3 aromatic rings. The number of hydrogen-bond donors (Lipinski definition) is 0. The van der Waals surface area contributed by atoms with Crippen molar-refractivity contribution in [2.24, 2.45) is 0 Å². The van der Waals surface area contributed by atoms with Gasteiger partial charge in [-0.05, 0) is 24.3 Å². The average molecular weight is 403 g/mol. The summed E-state index contributed by atoms with van der Waals surface area (Å²) in [6.07, 6.45) is 2.16. The highest BCUT2D eigenvalue weighted by Crippen LogP contribution is 2.35. The summed E-state index contributed by atoms with van der Waals surface area (Å²) in [6, 6.07) is 25.0. The number of benzene rings is 3. The summed E-state index contributed by atoms with van der Waals surface area (Å²) in [5.41, 5.74) is 0. The molecule has 0 unspecified atom stereocenters. The molecular weight excluding hydrogens is 384 g/mol.